The summed E-state index contributed by atoms with van der Waals surface area (Å²) in [5, 5.41) is 10.9. The molecule has 0 aliphatic carbocycles. The lowest BCUT2D eigenvalue weighted by atomic mass is 10.2. The lowest BCUT2D eigenvalue weighted by Crippen LogP contribution is -2.32. The standard InChI is InChI=1S/C15H17ClN4O2S/c16-12-6-2-1-5-11(12)14-18-15(20-19-14)23-9-13(21)17-8-10-4-3-7-22-10/h1-2,5-6,10H,3-4,7-9H2,(H,17,21)(H,18,19,20)/t10-/m0/s1. The van der Waals surface area contributed by atoms with Gasteiger partial charge in [-0.25, -0.2) is 4.98 Å². The van der Waals surface area contributed by atoms with Crippen molar-refractivity contribution in [2.24, 2.45) is 0 Å². The van der Waals surface area contributed by atoms with Crippen LogP contribution in [-0.4, -0.2) is 46.1 Å². The predicted octanol–water partition coefficient (Wildman–Crippen LogP) is 2.51. The fourth-order valence-corrected chi connectivity index (χ4v) is 3.15. The lowest BCUT2D eigenvalue weighted by Gasteiger charge is -2.09. The van der Waals surface area contributed by atoms with Gasteiger partial charge in [-0.1, -0.05) is 35.5 Å². The van der Waals surface area contributed by atoms with Gasteiger partial charge in [0, 0.05) is 18.7 Å². The maximum absolute atomic E-state index is 11.8. The molecule has 2 heterocycles. The Morgan fingerprint density at radius 3 is 3.13 bits per heavy atom. The highest BCUT2D eigenvalue weighted by molar-refractivity contribution is 7.99. The second-order valence-electron chi connectivity index (χ2n) is 5.17. The number of nitrogens with one attached hydrogen (secondary N) is 2. The Kier molecular flexibility index (Phi) is 5.53. The first-order valence-corrected chi connectivity index (χ1v) is 8.77. The number of hydrogen-bond acceptors (Lipinski definition) is 5. The number of aromatic amines is 1. The normalized spacial score (nSPS) is 17.3. The van der Waals surface area contributed by atoms with Crippen molar-refractivity contribution in [3.05, 3.63) is 29.3 Å². The van der Waals surface area contributed by atoms with Crippen molar-refractivity contribution in [1.82, 2.24) is 20.5 Å². The Bertz CT molecular complexity index is 673. The minimum atomic E-state index is -0.0467. The number of aromatic nitrogens is 3. The largest absolute Gasteiger partial charge is 0.376 e. The van der Waals surface area contributed by atoms with Crippen molar-refractivity contribution in [3.8, 4) is 11.4 Å². The van der Waals surface area contributed by atoms with Crippen molar-refractivity contribution in [2.75, 3.05) is 18.9 Å². The fraction of sp³-hybridized carbons (Fsp3) is 0.400. The minimum Gasteiger partial charge on any atom is -0.376 e. The summed E-state index contributed by atoms with van der Waals surface area (Å²) in [5.41, 5.74) is 0.788. The van der Waals surface area contributed by atoms with Crippen LogP contribution in [0.5, 0.6) is 0 Å². The van der Waals surface area contributed by atoms with E-state index in [9.17, 15) is 4.79 Å². The van der Waals surface area contributed by atoms with Crippen LogP contribution in [-0.2, 0) is 9.53 Å². The van der Waals surface area contributed by atoms with Crippen LogP contribution in [0.2, 0.25) is 5.02 Å². The maximum atomic E-state index is 11.8. The molecule has 0 saturated carbocycles. The van der Waals surface area contributed by atoms with Crippen LogP contribution < -0.4 is 5.32 Å². The summed E-state index contributed by atoms with van der Waals surface area (Å²) in [4.78, 5) is 16.2. The summed E-state index contributed by atoms with van der Waals surface area (Å²) >= 11 is 7.41. The van der Waals surface area contributed by atoms with E-state index in [1.807, 2.05) is 18.2 Å². The zero-order chi connectivity index (χ0) is 16.1. The van der Waals surface area contributed by atoms with Crippen LogP contribution in [0, 0.1) is 0 Å². The zero-order valence-electron chi connectivity index (χ0n) is 12.4. The van der Waals surface area contributed by atoms with E-state index in [4.69, 9.17) is 16.3 Å². The highest BCUT2D eigenvalue weighted by Crippen LogP contribution is 2.25. The van der Waals surface area contributed by atoms with Gasteiger partial charge >= 0.3 is 0 Å². The van der Waals surface area contributed by atoms with Gasteiger partial charge in [0.1, 0.15) is 0 Å². The molecule has 6 nitrogen and oxygen atoms in total. The van der Waals surface area contributed by atoms with Gasteiger partial charge in [-0.05, 0) is 25.0 Å². The van der Waals surface area contributed by atoms with Crippen LogP contribution in [0.15, 0.2) is 29.4 Å². The van der Waals surface area contributed by atoms with Gasteiger partial charge < -0.3 is 10.1 Å². The molecule has 1 saturated heterocycles. The molecular formula is C15H17ClN4O2S. The van der Waals surface area contributed by atoms with E-state index in [0.29, 0.717) is 22.5 Å². The topological polar surface area (TPSA) is 79.9 Å². The lowest BCUT2D eigenvalue weighted by molar-refractivity contribution is -0.119. The van der Waals surface area contributed by atoms with E-state index >= 15 is 0 Å². The molecule has 1 amide bonds. The number of H-pyrrole nitrogens is 1. The van der Waals surface area contributed by atoms with Crippen LogP contribution in [0.4, 0.5) is 0 Å². The minimum absolute atomic E-state index is 0.0467. The van der Waals surface area contributed by atoms with E-state index in [-0.39, 0.29) is 17.8 Å². The average Bonchev–Trinajstić information content (AvgIpc) is 3.23. The van der Waals surface area contributed by atoms with Crippen molar-refractivity contribution >= 4 is 29.3 Å². The van der Waals surface area contributed by atoms with Gasteiger partial charge in [0.15, 0.2) is 5.82 Å². The molecule has 1 aliphatic rings. The fourth-order valence-electron chi connectivity index (χ4n) is 2.30. The molecule has 0 unspecified atom stereocenters. The highest BCUT2D eigenvalue weighted by Gasteiger charge is 2.16. The Hall–Kier alpha value is -1.57. The Labute approximate surface area is 143 Å². The summed E-state index contributed by atoms with van der Waals surface area (Å²) in [6, 6.07) is 7.40. The summed E-state index contributed by atoms with van der Waals surface area (Å²) in [7, 11) is 0. The second kappa shape index (κ2) is 7.81. The van der Waals surface area contributed by atoms with Gasteiger partial charge in [-0.2, -0.15) is 0 Å². The zero-order valence-corrected chi connectivity index (χ0v) is 14.0. The van der Waals surface area contributed by atoms with E-state index < -0.39 is 0 Å². The van der Waals surface area contributed by atoms with Gasteiger partial charge in [-0.15, -0.1) is 5.10 Å². The van der Waals surface area contributed by atoms with Gasteiger partial charge in [0.25, 0.3) is 0 Å². The predicted molar refractivity (Wildman–Crippen MR) is 89.5 cm³/mol. The van der Waals surface area contributed by atoms with E-state index in [0.717, 1.165) is 25.0 Å². The van der Waals surface area contributed by atoms with Crippen LogP contribution in [0.3, 0.4) is 0 Å². The highest BCUT2D eigenvalue weighted by atomic mass is 35.5. The van der Waals surface area contributed by atoms with Crippen molar-refractivity contribution in [2.45, 2.75) is 24.1 Å². The Balaban J connectivity index is 1.49. The molecule has 2 N–H and O–H groups in total. The second-order valence-corrected chi connectivity index (χ2v) is 6.52. The molecule has 2 aromatic rings. The number of nitrogens with zero attached hydrogens (tertiary/aromatic N) is 2. The Morgan fingerprint density at radius 2 is 2.35 bits per heavy atom. The SMILES string of the molecule is O=C(CSc1n[nH]c(-c2ccccc2Cl)n1)NC[C@@H]1CCCO1. The summed E-state index contributed by atoms with van der Waals surface area (Å²) in [6.45, 7) is 1.36. The number of halogens is 1. The number of rotatable bonds is 6. The van der Waals surface area contributed by atoms with Crippen LogP contribution >= 0.6 is 23.4 Å². The summed E-state index contributed by atoms with van der Waals surface area (Å²) < 4.78 is 5.47. The molecule has 1 atom stereocenters. The molecule has 0 spiro atoms. The Morgan fingerprint density at radius 1 is 1.48 bits per heavy atom. The number of thioether (sulfide) groups is 1. The van der Waals surface area contributed by atoms with E-state index in [2.05, 4.69) is 20.5 Å². The molecule has 0 radical (unpaired) electrons. The molecule has 8 heteroatoms. The third-order valence-electron chi connectivity index (χ3n) is 3.48. The van der Waals surface area contributed by atoms with E-state index in [1.165, 1.54) is 11.8 Å². The number of ether oxygens (including phenoxy) is 1. The third-order valence-corrected chi connectivity index (χ3v) is 4.65. The van der Waals surface area contributed by atoms with E-state index in [1.54, 1.807) is 6.07 Å². The molecule has 23 heavy (non-hydrogen) atoms. The quantitative estimate of drug-likeness (QED) is 0.781. The number of benzene rings is 1. The first kappa shape index (κ1) is 16.3. The maximum Gasteiger partial charge on any atom is 0.230 e. The van der Waals surface area contributed by atoms with Crippen LogP contribution in [0.25, 0.3) is 11.4 Å². The molecular weight excluding hydrogens is 336 g/mol. The average molecular weight is 353 g/mol. The molecule has 1 aromatic carbocycles. The van der Waals surface area contributed by atoms with Crippen molar-refractivity contribution in [1.29, 1.82) is 0 Å². The molecule has 1 fully saturated rings. The monoisotopic (exact) mass is 352 g/mol. The first-order chi connectivity index (χ1) is 11.2. The van der Waals surface area contributed by atoms with Crippen LogP contribution in [0.1, 0.15) is 12.8 Å². The van der Waals surface area contributed by atoms with Gasteiger partial charge in [0.2, 0.25) is 11.1 Å². The third kappa shape index (κ3) is 4.46. The van der Waals surface area contributed by atoms with Crippen molar-refractivity contribution in [3.63, 3.8) is 0 Å². The first-order valence-electron chi connectivity index (χ1n) is 7.41. The van der Waals surface area contributed by atoms with Gasteiger partial charge in [-0.3, -0.25) is 9.89 Å². The number of carbonyl (C=O) groups excluding carboxylic acids is 1. The molecule has 122 valence electrons. The summed E-state index contributed by atoms with van der Waals surface area (Å²) in [6.07, 6.45) is 2.23. The number of hydrogen-bond donors (Lipinski definition) is 2. The molecule has 1 aliphatic heterocycles. The molecule has 0 bridgehead atoms. The number of carbonyl (C=O) groups is 1. The van der Waals surface area contributed by atoms with Crippen molar-refractivity contribution < 1.29 is 9.53 Å². The smallest absolute Gasteiger partial charge is 0.230 e. The summed E-state index contributed by atoms with van der Waals surface area (Å²) in [5.74, 6) is 0.819. The number of amides is 1. The molecule has 3 rings (SSSR count). The van der Waals surface area contributed by atoms with Gasteiger partial charge in [0.05, 0.1) is 16.9 Å². The molecule has 1 aromatic heterocycles.